The maximum Gasteiger partial charge on any atom is 0.425 e. The molecule has 1 aromatic carbocycles. The number of aliphatic carboxylic acids is 1. The molecule has 3 N–H and O–H groups in total. The number of carboxylic acid groups (broad SMARTS) is 1. The van der Waals surface area contributed by atoms with Crippen LogP contribution in [-0.4, -0.2) is 67.5 Å². The van der Waals surface area contributed by atoms with Gasteiger partial charge in [-0.15, -0.1) is 0 Å². The van der Waals surface area contributed by atoms with Gasteiger partial charge in [-0.05, 0) is 49.9 Å². The normalized spacial score (nSPS) is 12.4. The van der Waals surface area contributed by atoms with Crippen LogP contribution in [0, 0.1) is 13.8 Å². The number of imide groups is 1. The predicted molar refractivity (Wildman–Crippen MR) is 150 cm³/mol. The lowest BCUT2D eigenvalue weighted by molar-refractivity contribution is -0.154. The van der Waals surface area contributed by atoms with Gasteiger partial charge >= 0.3 is 18.0 Å². The van der Waals surface area contributed by atoms with Crippen molar-refractivity contribution in [1.82, 2.24) is 25.1 Å². The van der Waals surface area contributed by atoms with Gasteiger partial charge in [-0.25, -0.2) is 14.3 Å². The molecular weight excluding hydrogens is 578 g/mol. The third-order valence-electron chi connectivity index (χ3n) is 6.71. The minimum atomic E-state index is -1.22. The largest absolute Gasteiger partial charge is 0.481 e. The topological polar surface area (TPSA) is 208 Å². The fourth-order valence-electron chi connectivity index (χ4n) is 4.21. The van der Waals surface area contributed by atoms with E-state index in [1.54, 1.807) is 30.6 Å². The summed E-state index contributed by atoms with van der Waals surface area (Å²) >= 11 is 0. The fraction of sp³-hybridized carbons (Fsp3) is 0.286. The van der Waals surface area contributed by atoms with E-state index in [0.29, 0.717) is 33.0 Å². The van der Waals surface area contributed by atoms with Gasteiger partial charge in [-0.3, -0.25) is 19.2 Å². The van der Waals surface area contributed by atoms with E-state index in [-0.39, 0.29) is 23.3 Å². The van der Waals surface area contributed by atoms with Gasteiger partial charge in [0.15, 0.2) is 11.6 Å². The van der Waals surface area contributed by atoms with Crippen molar-refractivity contribution < 1.29 is 43.1 Å². The Bertz CT molecular complexity index is 1750. The van der Waals surface area contributed by atoms with Crippen LogP contribution >= 0.6 is 0 Å². The molecule has 16 heteroatoms. The van der Waals surface area contributed by atoms with E-state index in [4.69, 9.17) is 19.1 Å². The van der Waals surface area contributed by atoms with E-state index in [0.717, 1.165) is 24.7 Å². The molecule has 16 nitrogen and oxygen atoms in total. The summed E-state index contributed by atoms with van der Waals surface area (Å²) in [4.78, 5) is 66.5. The number of carboxylic acids is 1. The van der Waals surface area contributed by atoms with Gasteiger partial charge in [0, 0.05) is 29.6 Å². The van der Waals surface area contributed by atoms with Crippen molar-refractivity contribution in [2.24, 2.45) is 0 Å². The smallest absolute Gasteiger partial charge is 0.425 e. The molecule has 5 rings (SSSR count). The van der Waals surface area contributed by atoms with Crippen molar-refractivity contribution in [2.75, 3.05) is 17.0 Å². The van der Waals surface area contributed by atoms with Crippen LogP contribution in [-0.2, 0) is 19.1 Å². The molecule has 1 fully saturated rings. The van der Waals surface area contributed by atoms with E-state index in [2.05, 4.69) is 25.9 Å². The van der Waals surface area contributed by atoms with E-state index in [1.165, 1.54) is 24.5 Å². The highest BCUT2D eigenvalue weighted by molar-refractivity contribution is 6.19. The Labute approximate surface area is 248 Å². The summed E-state index contributed by atoms with van der Waals surface area (Å²) in [7, 11) is 0. The molecule has 0 aliphatic heterocycles. The lowest BCUT2D eigenvalue weighted by Crippen LogP contribution is -2.38. The van der Waals surface area contributed by atoms with Gasteiger partial charge < -0.3 is 29.7 Å². The quantitative estimate of drug-likeness (QED) is 0.166. The molecule has 0 radical (unpaired) electrons. The first kappa shape index (κ1) is 29.7. The average Bonchev–Trinajstić information content (AvgIpc) is 3.50. The zero-order valence-electron chi connectivity index (χ0n) is 23.6. The number of benzene rings is 1. The standard InChI is InChI=1S/C28H27N7O9/c1-15-3-4-17(27(40)35(21-9-10-44-33-21)28(41)43-14-42-23(38)8-7-22(36)37)11-20(15)32-25-24-16(2)19(12-34(24)30-13-29-25)26(39)31-18-5-6-18/h3-4,9-13,18H,5-8,14H2,1-2H3,(H,31,39)(H,36,37)(H,29,30,32). The summed E-state index contributed by atoms with van der Waals surface area (Å²) in [5.41, 5.74) is 2.96. The SMILES string of the molecule is Cc1ccc(C(=O)N(C(=O)OCOC(=O)CCC(=O)O)c2ccon2)cc1Nc1ncnn2cc(C(=O)NC3CC3)c(C)c12. The van der Waals surface area contributed by atoms with Crippen molar-refractivity contribution in [2.45, 2.75) is 45.6 Å². The van der Waals surface area contributed by atoms with Gasteiger partial charge in [0.1, 0.15) is 18.1 Å². The molecule has 4 aromatic rings. The van der Waals surface area contributed by atoms with Crippen LogP contribution in [0.4, 0.5) is 22.1 Å². The number of ether oxygens (including phenoxy) is 2. The fourth-order valence-corrected chi connectivity index (χ4v) is 4.21. The van der Waals surface area contributed by atoms with Crippen molar-refractivity contribution in [3.63, 3.8) is 0 Å². The predicted octanol–water partition coefficient (Wildman–Crippen LogP) is 3.12. The van der Waals surface area contributed by atoms with Crippen LogP contribution in [0.5, 0.6) is 0 Å². The first-order valence-electron chi connectivity index (χ1n) is 13.4. The number of esters is 1. The monoisotopic (exact) mass is 605 g/mol. The van der Waals surface area contributed by atoms with Crippen LogP contribution in [0.2, 0.25) is 0 Å². The van der Waals surface area contributed by atoms with E-state index >= 15 is 0 Å². The number of amides is 3. The van der Waals surface area contributed by atoms with Crippen molar-refractivity contribution in [1.29, 1.82) is 0 Å². The van der Waals surface area contributed by atoms with Crippen LogP contribution in [0.1, 0.15) is 57.5 Å². The number of nitrogens with zero attached hydrogens (tertiary/aromatic N) is 5. The molecule has 3 amide bonds. The maximum atomic E-state index is 13.6. The number of nitrogens with one attached hydrogen (secondary N) is 2. The van der Waals surface area contributed by atoms with E-state index in [1.807, 2.05) is 0 Å². The van der Waals surface area contributed by atoms with Gasteiger partial charge in [0.05, 0.1) is 18.4 Å². The summed E-state index contributed by atoms with van der Waals surface area (Å²) in [5, 5.41) is 22.7. The Morgan fingerprint density at radius 3 is 2.61 bits per heavy atom. The zero-order valence-corrected chi connectivity index (χ0v) is 23.6. The third kappa shape index (κ3) is 6.64. The average molecular weight is 606 g/mol. The molecule has 228 valence electrons. The lowest BCUT2D eigenvalue weighted by atomic mass is 10.1. The van der Waals surface area contributed by atoms with Crippen molar-refractivity contribution in [3.05, 3.63) is 65.3 Å². The Kier molecular flexibility index (Phi) is 8.50. The Morgan fingerprint density at radius 1 is 1.11 bits per heavy atom. The number of hydrogen-bond donors (Lipinski definition) is 3. The Balaban J connectivity index is 1.36. The molecule has 0 spiro atoms. The number of rotatable bonds is 11. The molecule has 1 saturated carbocycles. The Hall–Kier alpha value is -5.80. The van der Waals surface area contributed by atoms with Crippen molar-refractivity contribution >= 4 is 52.7 Å². The molecule has 3 aromatic heterocycles. The second-order valence-corrected chi connectivity index (χ2v) is 9.91. The summed E-state index contributed by atoms with van der Waals surface area (Å²) in [5.74, 6) is -2.93. The zero-order chi connectivity index (χ0) is 31.4. The van der Waals surface area contributed by atoms with Gasteiger partial charge in [0.2, 0.25) is 6.79 Å². The molecule has 1 aliphatic rings. The number of anilines is 3. The number of fused-ring (bicyclic) bond motifs is 1. The van der Waals surface area contributed by atoms with Crippen LogP contribution in [0.25, 0.3) is 5.52 Å². The second-order valence-electron chi connectivity index (χ2n) is 9.91. The van der Waals surface area contributed by atoms with Gasteiger partial charge in [-0.1, -0.05) is 11.2 Å². The molecule has 44 heavy (non-hydrogen) atoms. The molecule has 0 bridgehead atoms. The van der Waals surface area contributed by atoms with E-state index in [9.17, 15) is 24.0 Å². The van der Waals surface area contributed by atoms with E-state index < -0.39 is 43.6 Å². The van der Waals surface area contributed by atoms with Crippen LogP contribution in [0.15, 0.2) is 47.6 Å². The second kappa shape index (κ2) is 12.6. The Morgan fingerprint density at radius 2 is 1.91 bits per heavy atom. The minimum absolute atomic E-state index is 0.0539. The maximum absolute atomic E-state index is 13.6. The first-order valence-corrected chi connectivity index (χ1v) is 13.4. The van der Waals surface area contributed by atoms with Crippen molar-refractivity contribution in [3.8, 4) is 0 Å². The highest BCUT2D eigenvalue weighted by Gasteiger charge is 2.30. The van der Waals surface area contributed by atoms with Crippen LogP contribution < -0.4 is 15.5 Å². The molecule has 3 heterocycles. The molecule has 1 aliphatic carbocycles. The highest BCUT2D eigenvalue weighted by atomic mass is 16.7. The van der Waals surface area contributed by atoms with Gasteiger partial charge in [-0.2, -0.15) is 10.00 Å². The highest BCUT2D eigenvalue weighted by Crippen LogP contribution is 2.29. The molecule has 0 unspecified atom stereocenters. The lowest BCUT2D eigenvalue weighted by Gasteiger charge is -2.18. The number of aromatic nitrogens is 4. The minimum Gasteiger partial charge on any atom is -0.481 e. The molecular formula is C28H27N7O9. The summed E-state index contributed by atoms with van der Waals surface area (Å²) in [6, 6.07) is 6.10. The first-order chi connectivity index (χ1) is 21.1. The summed E-state index contributed by atoms with van der Waals surface area (Å²) in [6.07, 6.45) is 3.92. The number of aryl methyl sites for hydroxylation is 2. The summed E-state index contributed by atoms with van der Waals surface area (Å²) < 4.78 is 16.0. The van der Waals surface area contributed by atoms with Gasteiger partial charge in [0.25, 0.3) is 11.8 Å². The third-order valence-corrected chi connectivity index (χ3v) is 6.71. The summed E-state index contributed by atoms with van der Waals surface area (Å²) in [6.45, 7) is 2.74. The number of carbonyl (C=O) groups excluding carboxylic acids is 4. The number of carbonyl (C=O) groups is 5. The number of hydrogen-bond acceptors (Lipinski definition) is 12. The molecule has 0 atom stereocenters. The molecule has 0 saturated heterocycles. The van der Waals surface area contributed by atoms with Crippen LogP contribution in [0.3, 0.4) is 0 Å².